The van der Waals surface area contributed by atoms with Gasteiger partial charge in [0.1, 0.15) is 6.61 Å². The van der Waals surface area contributed by atoms with Crippen molar-refractivity contribution in [2.24, 2.45) is 0 Å². The maximum atomic E-state index is 11.4. The first-order valence-electron chi connectivity index (χ1n) is 10.1. The molecule has 6 nitrogen and oxygen atoms in total. The summed E-state index contributed by atoms with van der Waals surface area (Å²) in [5, 5.41) is 29.6. The Morgan fingerprint density at radius 3 is 2.84 bits per heavy atom. The number of aliphatic hydroxyl groups excluding tert-OH is 1. The van der Waals surface area contributed by atoms with Gasteiger partial charge in [0, 0.05) is 11.6 Å². The highest BCUT2D eigenvalue weighted by Crippen LogP contribution is 2.31. The summed E-state index contributed by atoms with van der Waals surface area (Å²) in [6.07, 6.45) is -0.0140. The third-order valence-corrected chi connectivity index (χ3v) is 5.58. The SMILES string of the molecule is Cc1cc(CC(=O)O)c2cc1-c1cccc(n1)OCc1ccc(C#N)cc1C(O)CC2. The largest absolute Gasteiger partial charge is 0.481 e. The minimum atomic E-state index is -0.899. The molecule has 156 valence electrons. The lowest BCUT2D eigenvalue weighted by Crippen LogP contribution is -2.09. The van der Waals surface area contributed by atoms with Crippen LogP contribution in [0.3, 0.4) is 0 Å². The van der Waals surface area contributed by atoms with Crippen LogP contribution in [0.15, 0.2) is 48.5 Å². The quantitative estimate of drug-likeness (QED) is 0.654. The second-order valence-electron chi connectivity index (χ2n) is 7.74. The van der Waals surface area contributed by atoms with Crippen molar-refractivity contribution in [3.8, 4) is 23.2 Å². The summed E-state index contributed by atoms with van der Waals surface area (Å²) < 4.78 is 5.91. The van der Waals surface area contributed by atoms with E-state index in [-0.39, 0.29) is 13.0 Å². The molecule has 4 rings (SSSR count). The highest BCUT2D eigenvalue weighted by Gasteiger charge is 2.19. The van der Waals surface area contributed by atoms with Crippen LogP contribution in [0.5, 0.6) is 5.88 Å². The van der Waals surface area contributed by atoms with Crippen LogP contribution in [-0.4, -0.2) is 21.2 Å². The van der Waals surface area contributed by atoms with Gasteiger partial charge in [-0.3, -0.25) is 4.79 Å². The number of carboxylic acid groups (broad SMARTS) is 1. The molecule has 6 heteroatoms. The van der Waals surface area contributed by atoms with Crippen molar-refractivity contribution in [1.29, 1.82) is 5.26 Å². The minimum absolute atomic E-state index is 0.0850. The summed E-state index contributed by atoms with van der Waals surface area (Å²) in [6.45, 7) is 2.15. The highest BCUT2D eigenvalue weighted by molar-refractivity contribution is 5.73. The number of carbonyl (C=O) groups is 1. The monoisotopic (exact) mass is 414 g/mol. The fraction of sp³-hybridized carbons (Fsp3) is 0.240. The minimum Gasteiger partial charge on any atom is -0.481 e. The Morgan fingerprint density at radius 1 is 1.23 bits per heavy atom. The molecule has 0 fully saturated rings. The molecule has 0 saturated heterocycles. The van der Waals surface area contributed by atoms with E-state index in [9.17, 15) is 20.3 Å². The molecule has 1 unspecified atom stereocenters. The average molecular weight is 414 g/mol. The number of nitriles is 1. The molecule has 2 N–H and O–H groups in total. The second-order valence-corrected chi connectivity index (χ2v) is 7.74. The maximum absolute atomic E-state index is 11.4. The highest BCUT2D eigenvalue weighted by atomic mass is 16.5. The first kappa shape index (κ1) is 20.6. The van der Waals surface area contributed by atoms with Crippen LogP contribution in [-0.2, 0) is 24.2 Å². The van der Waals surface area contributed by atoms with Crippen LogP contribution in [0.2, 0.25) is 0 Å². The molecule has 2 heterocycles. The van der Waals surface area contributed by atoms with Crippen molar-refractivity contribution in [2.45, 2.75) is 38.9 Å². The normalized spacial score (nSPS) is 15.3. The molecule has 1 aliphatic rings. The molecule has 4 bridgehead atoms. The standard InChI is InChI=1S/C25H22N2O4/c1-15-9-19(12-25(29)30)17-7-8-23(28)21-10-16(13-26)5-6-18(21)14-31-24-4-2-3-22(27-24)20(15)11-17/h2-6,9-11,23,28H,7-8,12,14H2,1H3,(H,29,30). The van der Waals surface area contributed by atoms with E-state index in [2.05, 4.69) is 11.1 Å². The lowest BCUT2D eigenvalue weighted by atomic mass is 9.90. The average Bonchev–Trinajstić information content (AvgIpc) is 2.76. The van der Waals surface area contributed by atoms with Crippen LogP contribution in [0.25, 0.3) is 11.3 Å². The number of fused-ring (bicyclic) bond motifs is 6. The first-order chi connectivity index (χ1) is 14.9. The maximum Gasteiger partial charge on any atom is 0.307 e. The first-order valence-corrected chi connectivity index (χ1v) is 10.1. The molecule has 0 aliphatic carbocycles. The van der Waals surface area contributed by atoms with Gasteiger partial charge in [-0.2, -0.15) is 5.26 Å². The van der Waals surface area contributed by atoms with Crippen molar-refractivity contribution in [3.05, 3.63) is 81.9 Å². The summed E-state index contributed by atoms with van der Waals surface area (Å²) >= 11 is 0. The number of ether oxygens (including phenoxy) is 1. The van der Waals surface area contributed by atoms with Crippen LogP contribution in [0.4, 0.5) is 0 Å². The van der Waals surface area contributed by atoms with Crippen LogP contribution >= 0.6 is 0 Å². The van der Waals surface area contributed by atoms with E-state index in [1.807, 2.05) is 31.2 Å². The summed E-state index contributed by atoms with van der Waals surface area (Å²) in [6, 6.07) is 16.7. The molecule has 31 heavy (non-hydrogen) atoms. The van der Waals surface area contributed by atoms with Gasteiger partial charge in [-0.15, -0.1) is 0 Å². The third-order valence-electron chi connectivity index (χ3n) is 5.58. The molecule has 0 spiro atoms. The number of hydrogen-bond acceptors (Lipinski definition) is 5. The summed E-state index contributed by atoms with van der Waals surface area (Å²) in [7, 11) is 0. The van der Waals surface area contributed by atoms with Gasteiger partial charge in [0.25, 0.3) is 0 Å². The summed E-state index contributed by atoms with van der Waals surface area (Å²) in [5.41, 5.74) is 6.08. The van der Waals surface area contributed by atoms with E-state index in [1.165, 1.54) is 0 Å². The van der Waals surface area contributed by atoms with Gasteiger partial charge < -0.3 is 14.9 Å². The number of carboxylic acids is 1. The number of hydrogen-bond donors (Lipinski definition) is 2. The lowest BCUT2D eigenvalue weighted by Gasteiger charge is -2.17. The molecule has 3 aromatic rings. The van der Waals surface area contributed by atoms with Gasteiger partial charge in [0.05, 0.1) is 29.9 Å². The number of pyridine rings is 1. The van der Waals surface area contributed by atoms with Crippen LogP contribution in [0, 0.1) is 18.3 Å². The Balaban J connectivity index is 1.85. The molecule has 1 aromatic heterocycles. The molecule has 0 saturated carbocycles. The predicted molar refractivity (Wildman–Crippen MR) is 115 cm³/mol. The third kappa shape index (κ3) is 4.42. The second kappa shape index (κ2) is 8.58. The number of aromatic nitrogens is 1. The van der Waals surface area contributed by atoms with Gasteiger partial charge in [-0.25, -0.2) is 4.98 Å². The van der Waals surface area contributed by atoms with Crippen molar-refractivity contribution >= 4 is 5.97 Å². The molecule has 1 aliphatic heterocycles. The number of benzene rings is 2. The predicted octanol–water partition coefficient (Wildman–Crippen LogP) is 4.11. The summed E-state index contributed by atoms with van der Waals surface area (Å²) in [5.74, 6) is -0.443. The van der Waals surface area contributed by atoms with E-state index < -0.39 is 12.1 Å². The lowest BCUT2D eigenvalue weighted by molar-refractivity contribution is -0.136. The molecule has 0 amide bonds. The number of aliphatic hydroxyl groups is 1. The smallest absolute Gasteiger partial charge is 0.307 e. The van der Waals surface area contributed by atoms with Gasteiger partial charge in [-0.05, 0) is 71.8 Å². The Morgan fingerprint density at radius 2 is 2.06 bits per heavy atom. The molecular formula is C25H22N2O4. The summed E-state index contributed by atoms with van der Waals surface area (Å²) in [4.78, 5) is 16.0. The van der Waals surface area contributed by atoms with E-state index in [0.717, 1.165) is 33.5 Å². The van der Waals surface area contributed by atoms with E-state index >= 15 is 0 Å². The molecule has 0 radical (unpaired) electrons. The van der Waals surface area contributed by atoms with Crippen molar-refractivity contribution < 1.29 is 19.7 Å². The molecule has 2 aromatic carbocycles. The van der Waals surface area contributed by atoms with E-state index in [1.54, 1.807) is 24.3 Å². The number of rotatable bonds is 2. The Hall–Kier alpha value is -3.69. The fourth-order valence-electron chi connectivity index (χ4n) is 4.00. The van der Waals surface area contributed by atoms with Gasteiger partial charge in [-0.1, -0.05) is 18.2 Å². The van der Waals surface area contributed by atoms with E-state index in [0.29, 0.717) is 29.8 Å². The van der Waals surface area contributed by atoms with Crippen molar-refractivity contribution in [2.75, 3.05) is 0 Å². The Labute approximate surface area is 180 Å². The number of aryl methyl sites for hydroxylation is 2. The zero-order chi connectivity index (χ0) is 22.0. The van der Waals surface area contributed by atoms with Crippen molar-refractivity contribution in [1.82, 2.24) is 4.98 Å². The Bertz CT molecular complexity index is 1200. The van der Waals surface area contributed by atoms with Crippen LogP contribution < -0.4 is 4.74 Å². The van der Waals surface area contributed by atoms with Crippen molar-refractivity contribution in [3.63, 3.8) is 0 Å². The van der Waals surface area contributed by atoms with Gasteiger partial charge in [0.15, 0.2) is 0 Å². The molecular weight excluding hydrogens is 392 g/mol. The fourth-order valence-corrected chi connectivity index (χ4v) is 4.00. The molecule has 1 atom stereocenters. The topological polar surface area (TPSA) is 103 Å². The van der Waals surface area contributed by atoms with Gasteiger partial charge >= 0.3 is 5.97 Å². The van der Waals surface area contributed by atoms with Crippen LogP contribution in [0.1, 0.15) is 45.9 Å². The number of aliphatic carboxylic acids is 1. The zero-order valence-electron chi connectivity index (χ0n) is 17.1. The van der Waals surface area contributed by atoms with Gasteiger partial charge in [0.2, 0.25) is 5.88 Å². The zero-order valence-corrected chi connectivity index (χ0v) is 17.1. The van der Waals surface area contributed by atoms with E-state index in [4.69, 9.17) is 4.74 Å². The number of nitrogens with zero attached hydrogens (tertiary/aromatic N) is 2. The Kier molecular flexibility index (Phi) is 5.70.